The van der Waals surface area contributed by atoms with Crippen molar-refractivity contribution in [1.82, 2.24) is 4.90 Å². The predicted octanol–water partition coefficient (Wildman–Crippen LogP) is 5.72. The number of thiocarbonyl (C=S) groups is 1. The summed E-state index contributed by atoms with van der Waals surface area (Å²) in [5.41, 5.74) is 2.17. The molecule has 1 fully saturated rings. The highest BCUT2D eigenvalue weighted by atomic mass is 32.2. The highest BCUT2D eigenvalue weighted by molar-refractivity contribution is 8.26. The lowest BCUT2D eigenvalue weighted by molar-refractivity contribution is -0.121. The van der Waals surface area contributed by atoms with Crippen molar-refractivity contribution in [2.75, 3.05) is 26.4 Å². The van der Waals surface area contributed by atoms with Gasteiger partial charge in [-0.15, -0.1) is 0 Å². The molecule has 170 valence electrons. The molecule has 0 radical (unpaired) electrons. The van der Waals surface area contributed by atoms with Crippen LogP contribution < -0.4 is 14.2 Å². The van der Waals surface area contributed by atoms with Crippen LogP contribution in [0.1, 0.15) is 38.3 Å². The number of rotatable bonds is 11. The minimum atomic E-state index is -0.0508. The molecule has 2 aromatic rings. The number of hydrogen-bond acceptors (Lipinski definition) is 6. The highest BCUT2D eigenvalue weighted by Crippen LogP contribution is 2.34. The third kappa shape index (κ3) is 6.26. The zero-order valence-electron chi connectivity index (χ0n) is 18.8. The summed E-state index contributed by atoms with van der Waals surface area (Å²) in [6, 6.07) is 13.9. The first kappa shape index (κ1) is 24.1. The summed E-state index contributed by atoms with van der Waals surface area (Å²) in [5, 5.41) is 0. The lowest BCUT2D eigenvalue weighted by Gasteiger charge is -2.13. The van der Waals surface area contributed by atoms with E-state index in [9.17, 15) is 4.79 Å². The molecule has 1 saturated heterocycles. The summed E-state index contributed by atoms with van der Waals surface area (Å²) < 4.78 is 18.1. The molecule has 2 aromatic carbocycles. The first-order valence-electron chi connectivity index (χ1n) is 10.9. The number of nitrogens with zero attached hydrogens (tertiary/aromatic N) is 1. The number of amides is 1. The van der Waals surface area contributed by atoms with Crippen molar-refractivity contribution in [2.45, 2.75) is 33.6 Å². The second-order valence-corrected chi connectivity index (χ2v) is 8.79. The van der Waals surface area contributed by atoms with Gasteiger partial charge in [-0.1, -0.05) is 49.1 Å². The van der Waals surface area contributed by atoms with Crippen LogP contribution in [0.3, 0.4) is 0 Å². The molecule has 0 aromatic heterocycles. The van der Waals surface area contributed by atoms with Crippen LogP contribution in [0.2, 0.25) is 0 Å². The van der Waals surface area contributed by atoms with E-state index >= 15 is 0 Å². The smallest absolute Gasteiger partial charge is 0.266 e. The van der Waals surface area contributed by atoms with Crippen LogP contribution in [-0.4, -0.2) is 41.5 Å². The fourth-order valence-corrected chi connectivity index (χ4v) is 4.56. The third-order valence-electron chi connectivity index (χ3n) is 4.90. The fraction of sp³-hybridized carbons (Fsp3) is 0.360. The largest absolute Gasteiger partial charge is 0.493 e. The Morgan fingerprint density at radius 1 is 0.969 bits per heavy atom. The molecule has 32 heavy (non-hydrogen) atoms. The number of carbonyl (C=O) groups excluding carboxylic acids is 1. The lowest BCUT2D eigenvalue weighted by Crippen LogP contribution is -2.27. The number of benzene rings is 2. The Balaban J connectivity index is 1.56. The second-order valence-electron chi connectivity index (χ2n) is 7.11. The van der Waals surface area contributed by atoms with Crippen LogP contribution in [-0.2, 0) is 11.2 Å². The van der Waals surface area contributed by atoms with Gasteiger partial charge in [-0.2, -0.15) is 0 Å². The topological polar surface area (TPSA) is 48.0 Å². The quantitative estimate of drug-likeness (QED) is 0.237. The van der Waals surface area contributed by atoms with Gasteiger partial charge in [-0.05, 0) is 61.7 Å². The number of thioether (sulfide) groups is 1. The minimum Gasteiger partial charge on any atom is -0.493 e. The summed E-state index contributed by atoms with van der Waals surface area (Å²) in [6.07, 6.45) is 3.62. The molecular weight excluding hydrogens is 442 g/mol. The average Bonchev–Trinajstić information content (AvgIpc) is 3.07. The minimum absolute atomic E-state index is 0.0508. The molecule has 1 heterocycles. The molecule has 0 unspecified atom stereocenters. The van der Waals surface area contributed by atoms with E-state index < -0.39 is 0 Å². The Labute approximate surface area is 199 Å². The molecule has 7 heteroatoms. The monoisotopic (exact) mass is 471 g/mol. The van der Waals surface area contributed by atoms with Gasteiger partial charge in [-0.3, -0.25) is 9.69 Å². The Kier molecular flexibility index (Phi) is 9.00. The number of hydrogen-bond donors (Lipinski definition) is 0. The third-order valence-corrected chi connectivity index (χ3v) is 6.28. The molecule has 1 aliphatic rings. The van der Waals surface area contributed by atoms with E-state index in [1.165, 1.54) is 17.3 Å². The van der Waals surface area contributed by atoms with E-state index in [1.807, 2.05) is 50.3 Å². The van der Waals surface area contributed by atoms with E-state index in [0.29, 0.717) is 47.1 Å². The lowest BCUT2D eigenvalue weighted by atomic mass is 10.2. The summed E-state index contributed by atoms with van der Waals surface area (Å²) in [4.78, 5) is 14.7. The zero-order chi connectivity index (χ0) is 22.9. The van der Waals surface area contributed by atoms with E-state index in [4.69, 9.17) is 26.4 Å². The van der Waals surface area contributed by atoms with E-state index in [1.54, 1.807) is 4.90 Å². The van der Waals surface area contributed by atoms with E-state index in [0.717, 1.165) is 24.2 Å². The number of carbonyl (C=O) groups is 1. The Morgan fingerprint density at radius 3 is 2.38 bits per heavy atom. The summed E-state index contributed by atoms with van der Waals surface area (Å²) in [7, 11) is 0. The van der Waals surface area contributed by atoms with Crippen LogP contribution in [0.4, 0.5) is 0 Å². The summed E-state index contributed by atoms with van der Waals surface area (Å²) in [5.74, 6) is 2.15. The molecule has 0 atom stereocenters. The molecule has 1 amide bonds. The van der Waals surface area contributed by atoms with Gasteiger partial charge in [0.2, 0.25) is 0 Å². The maximum absolute atomic E-state index is 12.4. The van der Waals surface area contributed by atoms with Crippen LogP contribution in [0.25, 0.3) is 6.08 Å². The van der Waals surface area contributed by atoms with Crippen molar-refractivity contribution in [3.63, 3.8) is 0 Å². The van der Waals surface area contributed by atoms with Gasteiger partial charge in [0.25, 0.3) is 5.91 Å². The molecule has 0 spiro atoms. The molecule has 5 nitrogen and oxygen atoms in total. The Hall–Kier alpha value is -2.51. The van der Waals surface area contributed by atoms with Crippen molar-refractivity contribution in [2.24, 2.45) is 0 Å². The first-order valence-corrected chi connectivity index (χ1v) is 12.1. The molecule has 1 aliphatic heterocycles. The van der Waals surface area contributed by atoms with Crippen LogP contribution in [0.15, 0.2) is 47.4 Å². The molecule has 0 aliphatic carbocycles. The van der Waals surface area contributed by atoms with Crippen molar-refractivity contribution >= 4 is 40.3 Å². The first-order chi connectivity index (χ1) is 15.5. The molecule has 0 saturated carbocycles. The van der Waals surface area contributed by atoms with Gasteiger partial charge in [0.15, 0.2) is 11.5 Å². The average molecular weight is 472 g/mol. The number of aryl methyl sites for hydroxylation is 1. The van der Waals surface area contributed by atoms with Crippen LogP contribution in [0.5, 0.6) is 17.2 Å². The Bertz CT molecular complexity index is 972. The van der Waals surface area contributed by atoms with Crippen molar-refractivity contribution < 1.29 is 19.0 Å². The van der Waals surface area contributed by atoms with Gasteiger partial charge >= 0.3 is 0 Å². The standard InChI is InChI=1S/C25H29NO4S2/c1-4-18-8-11-20(12-9-18)29-14-7-15-30-21-13-10-19(16-22(21)28-6-3)17-23-24(27)26(5-2)25(31)32-23/h8-13,16-17H,4-7,14-15H2,1-3H3/b23-17-. The van der Waals surface area contributed by atoms with Gasteiger partial charge in [0.1, 0.15) is 10.1 Å². The molecule has 3 rings (SSSR count). The fourth-order valence-electron chi connectivity index (χ4n) is 3.18. The van der Waals surface area contributed by atoms with E-state index in [2.05, 4.69) is 19.1 Å². The Morgan fingerprint density at radius 2 is 1.72 bits per heavy atom. The normalized spacial score (nSPS) is 14.8. The molecular formula is C25H29NO4S2. The zero-order valence-corrected chi connectivity index (χ0v) is 20.4. The SMILES string of the molecule is CCOc1cc(/C=C2\SC(=S)N(CC)C2=O)ccc1OCCCOc1ccc(CC)cc1. The van der Waals surface area contributed by atoms with E-state index in [-0.39, 0.29) is 5.91 Å². The summed E-state index contributed by atoms with van der Waals surface area (Å²) in [6.45, 7) is 8.17. The van der Waals surface area contributed by atoms with Gasteiger partial charge in [0, 0.05) is 13.0 Å². The van der Waals surface area contributed by atoms with Gasteiger partial charge in [0.05, 0.1) is 24.7 Å². The van der Waals surface area contributed by atoms with Crippen LogP contribution in [0, 0.1) is 0 Å². The number of likely N-dealkylation sites (N-methyl/N-ethyl adjacent to an activating group) is 1. The predicted molar refractivity (Wildman–Crippen MR) is 135 cm³/mol. The van der Waals surface area contributed by atoms with Crippen molar-refractivity contribution in [3.05, 3.63) is 58.5 Å². The van der Waals surface area contributed by atoms with Gasteiger partial charge < -0.3 is 14.2 Å². The van der Waals surface area contributed by atoms with Crippen molar-refractivity contribution in [1.29, 1.82) is 0 Å². The summed E-state index contributed by atoms with van der Waals surface area (Å²) >= 11 is 6.61. The molecule has 0 N–H and O–H groups in total. The molecule has 0 bridgehead atoms. The van der Waals surface area contributed by atoms with Crippen LogP contribution >= 0.6 is 24.0 Å². The maximum atomic E-state index is 12.4. The van der Waals surface area contributed by atoms with Gasteiger partial charge in [-0.25, -0.2) is 0 Å². The number of ether oxygens (including phenoxy) is 3. The second kappa shape index (κ2) is 11.9. The highest BCUT2D eigenvalue weighted by Gasteiger charge is 2.30. The van der Waals surface area contributed by atoms with Crippen molar-refractivity contribution in [3.8, 4) is 17.2 Å². The maximum Gasteiger partial charge on any atom is 0.266 e.